The molecule has 0 fully saturated rings. The monoisotopic (exact) mass is 253 g/mol. The van der Waals surface area contributed by atoms with Gasteiger partial charge in [-0.15, -0.1) is 16.4 Å². The van der Waals surface area contributed by atoms with Gasteiger partial charge in [-0.1, -0.05) is 11.8 Å². The molecule has 3 heterocycles. The summed E-state index contributed by atoms with van der Waals surface area (Å²) in [6.45, 7) is 1.58. The zero-order valence-corrected chi connectivity index (χ0v) is 10.2. The molecule has 2 aromatic heterocycles. The molecular weight excluding hydrogens is 242 g/mol. The van der Waals surface area contributed by atoms with Crippen LogP contribution >= 0.6 is 23.1 Å². The van der Waals surface area contributed by atoms with Crippen LogP contribution in [0.25, 0.3) is 10.8 Å². The van der Waals surface area contributed by atoms with Crippen LogP contribution in [0.2, 0.25) is 0 Å². The third-order valence-electron chi connectivity index (χ3n) is 2.32. The van der Waals surface area contributed by atoms with Crippen LogP contribution in [0, 0.1) is 0 Å². The van der Waals surface area contributed by atoms with Crippen LogP contribution in [0.1, 0.15) is 5.69 Å². The lowest BCUT2D eigenvalue weighted by Gasteiger charge is -1.89. The fourth-order valence-electron chi connectivity index (χ4n) is 1.57. The number of nitrogens with two attached hydrogens (primary N) is 1. The summed E-state index contributed by atoms with van der Waals surface area (Å²) in [6, 6.07) is 0. The molecule has 0 atom stereocenters. The van der Waals surface area contributed by atoms with E-state index in [1.807, 2.05) is 10.1 Å². The van der Waals surface area contributed by atoms with E-state index >= 15 is 0 Å². The molecule has 0 spiro atoms. The number of aryl methyl sites for hydroxylation is 1. The zero-order chi connectivity index (χ0) is 11.0. The van der Waals surface area contributed by atoms with E-state index in [4.69, 9.17) is 5.73 Å². The number of nitrogens with zero attached hydrogens (tertiary/aromatic N) is 4. The van der Waals surface area contributed by atoms with Gasteiger partial charge in [0.25, 0.3) is 0 Å². The van der Waals surface area contributed by atoms with E-state index in [1.165, 1.54) is 0 Å². The number of rotatable bonds is 3. The number of hydrogen-bond donors (Lipinski definition) is 1. The predicted octanol–water partition coefficient (Wildman–Crippen LogP) is 1.01. The lowest BCUT2D eigenvalue weighted by atomic mass is 10.3. The molecule has 1 aliphatic heterocycles. The topological polar surface area (TPSA) is 69.6 Å². The van der Waals surface area contributed by atoms with Crippen molar-refractivity contribution in [2.24, 2.45) is 5.73 Å². The highest BCUT2D eigenvalue weighted by atomic mass is 32.2. The van der Waals surface area contributed by atoms with E-state index in [2.05, 4.69) is 15.1 Å². The molecule has 2 aromatic rings. The summed E-state index contributed by atoms with van der Waals surface area (Å²) in [5.74, 6) is 1.82. The molecule has 0 bridgehead atoms. The predicted molar refractivity (Wildman–Crippen MR) is 64.6 cm³/mol. The number of thioether (sulfide) groups is 1. The maximum Gasteiger partial charge on any atom is 0.211 e. The third kappa shape index (κ3) is 1.74. The van der Waals surface area contributed by atoms with Gasteiger partial charge >= 0.3 is 0 Å². The van der Waals surface area contributed by atoms with Gasteiger partial charge in [0.05, 0.1) is 12.2 Å². The minimum absolute atomic E-state index is 0.631. The normalized spacial score (nSPS) is 14.3. The van der Waals surface area contributed by atoms with Crippen LogP contribution in [0.3, 0.4) is 0 Å². The first-order valence-electron chi connectivity index (χ1n) is 5.09. The van der Waals surface area contributed by atoms with E-state index in [-0.39, 0.29) is 0 Å². The smallest absolute Gasteiger partial charge is 0.211 e. The molecule has 0 aliphatic carbocycles. The third-order valence-corrected chi connectivity index (χ3v) is 4.15. The second kappa shape index (κ2) is 4.15. The molecule has 0 saturated heterocycles. The average molecular weight is 253 g/mol. The molecule has 16 heavy (non-hydrogen) atoms. The Morgan fingerprint density at radius 1 is 1.44 bits per heavy atom. The van der Waals surface area contributed by atoms with Crippen molar-refractivity contribution in [1.82, 2.24) is 19.7 Å². The van der Waals surface area contributed by atoms with Crippen LogP contribution in [-0.2, 0) is 13.0 Å². The largest absolute Gasteiger partial charge is 0.330 e. The second-order valence-electron chi connectivity index (χ2n) is 3.47. The Morgan fingerprint density at radius 2 is 2.38 bits per heavy atom. The van der Waals surface area contributed by atoms with Crippen molar-refractivity contribution < 1.29 is 0 Å². The molecule has 2 N–H and O–H groups in total. The van der Waals surface area contributed by atoms with Crippen molar-refractivity contribution in [2.45, 2.75) is 18.1 Å². The molecule has 5 nitrogen and oxygen atoms in total. The highest BCUT2D eigenvalue weighted by Crippen LogP contribution is 2.27. The van der Waals surface area contributed by atoms with E-state index in [0.29, 0.717) is 6.54 Å². The van der Waals surface area contributed by atoms with Crippen molar-refractivity contribution in [3.05, 3.63) is 11.1 Å². The SMILES string of the molecule is NCCc1csc(-c2nc3n(n2)CCS3)n1. The van der Waals surface area contributed by atoms with E-state index < -0.39 is 0 Å². The van der Waals surface area contributed by atoms with Crippen molar-refractivity contribution in [3.63, 3.8) is 0 Å². The summed E-state index contributed by atoms with van der Waals surface area (Å²) in [4.78, 5) is 8.94. The summed E-state index contributed by atoms with van der Waals surface area (Å²) >= 11 is 3.33. The molecule has 0 unspecified atom stereocenters. The number of hydrogen-bond acceptors (Lipinski definition) is 6. The quantitative estimate of drug-likeness (QED) is 0.884. The standard InChI is InChI=1S/C9H11N5S2/c10-2-1-6-5-16-8(11-6)7-12-9-14(13-7)3-4-15-9/h5H,1-4,10H2. The van der Waals surface area contributed by atoms with Gasteiger partial charge in [0.2, 0.25) is 5.82 Å². The molecule has 7 heteroatoms. The molecule has 0 saturated carbocycles. The maximum absolute atomic E-state index is 5.49. The lowest BCUT2D eigenvalue weighted by molar-refractivity contribution is 0.626. The van der Waals surface area contributed by atoms with Crippen LogP contribution in [-0.4, -0.2) is 32.0 Å². The van der Waals surface area contributed by atoms with Crippen LogP contribution in [0.4, 0.5) is 0 Å². The zero-order valence-electron chi connectivity index (χ0n) is 8.59. The molecule has 0 aromatic carbocycles. The van der Waals surface area contributed by atoms with Gasteiger partial charge in [-0.05, 0) is 6.54 Å². The van der Waals surface area contributed by atoms with Gasteiger partial charge in [0.1, 0.15) is 0 Å². The summed E-state index contributed by atoms with van der Waals surface area (Å²) < 4.78 is 1.95. The Bertz CT molecular complexity index is 482. The summed E-state index contributed by atoms with van der Waals surface area (Å²) in [5.41, 5.74) is 6.53. The molecule has 0 radical (unpaired) electrons. The summed E-state index contributed by atoms with van der Waals surface area (Å²) in [7, 11) is 0. The van der Waals surface area contributed by atoms with Gasteiger partial charge in [-0.2, -0.15) is 4.98 Å². The Labute approximate surface area is 101 Å². The lowest BCUT2D eigenvalue weighted by Crippen LogP contribution is -2.02. The first kappa shape index (κ1) is 10.2. The highest BCUT2D eigenvalue weighted by molar-refractivity contribution is 7.99. The number of aromatic nitrogens is 4. The minimum Gasteiger partial charge on any atom is -0.330 e. The van der Waals surface area contributed by atoms with Gasteiger partial charge in [0, 0.05) is 17.6 Å². The van der Waals surface area contributed by atoms with Crippen molar-refractivity contribution >= 4 is 23.1 Å². The first-order valence-corrected chi connectivity index (χ1v) is 6.96. The Kier molecular flexibility index (Phi) is 2.66. The van der Waals surface area contributed by atoms with Gasteiger partial charge in [0.15, 0.2) is 10.2 Å². The second-order valence-corrected chi connectivity index (χ2v) is 5.39. The van der Waals surface area contributed by atoms with Crippen LogP contribution in [0.15, 0.2) is 10.5 Å². The number of fused-ring (bicyclic) bond motifs is 1. The van der Waals surface area contributed by atoms with Gasteiger partial charge in [-0.25, -0.2) is 9.67 Å². The van der Waals surface area contributed by atoms with Crippen LogP contribution < -0.4 is 5.73 Å². The Hall–Kier alpha value is -0.920. The average Bonchev–Trinajstić information content (AvgIpc) is 2.88. The fraction of sp³-hybridized carbons (Fsp3) is 0.444. The van der Waals surface area contributed by atoms with Gasteiger partial charge in [-0.3, -0.25) is 0 Å². The molecular formula is C9H11N5S2. The Balaban J connectivity index is 1.89. The molecule has 3 rings (SSSR count). The molecule has 84 valence electrons. The minimum atomic E-state index is 0.631. The van der Waals surface area contributed by atoms with E-state index in [0.717, 1.165) is 40.4 Å². The first-order chi connectivity index (χ1) is 7.86. The summed E-state index contributed by atoms with van der Waals surface area (Å²) in [6.07, 6.45) is 0.818. The summed E-state index contributed by atoms with van der Waals surface area (Å²) in [5, 5.41) is 8.36. The highest BCUT2D eigenvalue weighted by Gasteiger charge is 2.18. The van der Waals surface area contributed by atoms with E-state index in [1.54, 1.807) is 23.1 Å². The van der Waals surface area contributed by atoms with E-state index in [9.17, 15) is 0 Å². The molecule has 1 aliphatic rings. The maximum atomic E-state index is 5.49. The van der Waals surface area contributed by atoms with Crippen LogP contribution in [0.5, 0.6) is 0 Å². The van der Waals surface area contributed by atoms with Crippen molar-refractivity contribution in [1.29, 1.82) is 0 Å². The van der Waals surface area contributed by atoms with Gasteiger partial charge < -0.3 is 5.73 Å². The fourth-order valence-corrected chi connectivity index (χ4v) is 3.23. The molecule has 0 amide bonds. The number of thiazole rings is 1. The van der Waals surface area contributed by atoms with Crippen molar-refractivity contribution in [2.75, 3.05) is 12.3 Å². The van der Waals surface area contributed by atoms with Crippen molar-refractivity contribution in [3.8, 4) is 10.8 Å². The Morgan fingerprint density at radius 3 is 3.19 bits per heavy atom.